The van der Waals surface area contributed by atoms with Crippen molar-refractivity contribution in [3.8, 4) is 0 Å². The van der Waals surface area contributed by atoms with Gasteiger partial charge in [0.05, 0.1) is 0 Å². The van der Waals surface area contributed by atoms with Crippen molar-refractivity contribution in [2.75, 3.05) is 6.61 Å². The molecule has 0 saturated carbocycles. The zero-order valence-corrected chi connectivity index (χ0v) is 8.04. The monoisotopic (exact) mass is 242 g/mol. The number of ether oxygens (including phenoxy) is 1. The number of hydrogen-bond acceptors (Lipinski definition) is 5. The molecule has 1 saturated heterocycles. The molecule has 0 aliphatic carbocycles. The van der Waals surface area contributed by atoms with Crippen LogP contribution in [0.1, 0.15) is 0 Å². The van der Waals surface area contributed by atoms with Crippen LogP contribution in [-0.4, -0.2) is 67.3 Å². The first-order chi connectivity index (χ1) is 5.57. The van der Waals surface area contributed by atoms with Gasteiger partial charge in [0.25, 0.3) is 0 Å². The van der Waals surface area contributed by atoms with Crippen LogP contribution in [0.2, 0.25) is 0 Å². The molecule has 5 N–H and O–H groups in total. The van der Waals surface area contributed by atoms with E-state index in [2.05, 4.69) is 16.0 Å². The molecule has 1 radical (unpaired) electrons. The number of hydrogen-bond donors (Lipinski definition) is 4. The van der Waals surface area contributed by atoms with Crippen molar-refractivity contribution in [3.63, 3.8) is 0 Å². The van der Waals surface area contributed by atoms with E-state index in [1.807, 2.05) is 0 Å². The Morgan fingerprint density at radius 1 is 1.33 bits per heavy atom. The molecule has 1 aliphatic heterocycles. The van der Waals surface area contributed by atoms with Crippen molar-refractivity contribution in [2.24, 2.45) is 5.73 Å². The normalized spacial score (nSPS) is 49.2. The number of rotatable bonds is 1. The van der Waals surface area contributed by atoms with Crippen LogP contribution >= 0.6 is 0 Å². The van der Waals surface area contributed by atoms with E-state index in [1.165, 1.54) is 0 Å². The van der Waals surface area contributed by atoms with Crippen LogP contribution in [0.15, 0.2) is 0 Å². The van der Waals surface area contributed by atoms with Crippen LogP contribution in [-0.2, 0) is 4.74 Å². The molecule has 5 atom stereocenters. The third-order valence-electron chi connectivity index (χ3n) is 1.93. The van der Waals surface area contributed by atoms with Crippen molar-refractivity contribution in [2.45, 2.75) is 29.4 Å². The molecular formula is C6H12NO4Se. The maximum absolute atomic E-state index is 9.33. The average molecular weight is 241 g/mol. The summed E-state index contributed by atoms with van der Waals surface area (Å²) >= 11 is 2.61. The van der Waals surface area contributed by atoms with Crippen LogP contribution in [0.4, 0.5) is 0 Å². The van der Waals surface area contributed by atoms with Crippen molar-refractivity contribution in [1.82, 2.24) is 0 Å². The molecule has 1 aliphatic rings. The second-order valence-corrected chi connectivity index (χ2v) is 3.76. The molecule has 71 valence electrons. The maximum atomic E-state index is 9.33. The van der Waals surface area contributed by atoms with Gasteiger partial charge in [-0.05, 0) is 0 Å². The summed E-state index contributed by atoms with van der Waals surface area (Å²) in [6, 6.07) is -0.650. The SMILES string of the molecule is NC1C([Se])OC(CO)C(O)C1O. The molecule has 1 rings (SSSR count). The van der Waals surface area contributed by atoms with Crippen molar-refractivity contribution in [1.29, 1.82) is 0 Å². The summed E-state index contributed by atoms with van der Waals surface area (Å²) in [5, 5.41) is 26.9. The van der Waals surface area contributed by atoms with Gasteiger partial charge in [-0.3, -0.25) is 0 Å². The van der Waals surface area contributed by atoms with Gasteiger partial charge in [-0.1, -0.05) is 0 Å². The Balaban J connectivity index is 2.63. The van der Waals surface area contributed by atoms with Crippen molar-refractivity contribution < 1.29 is 20.1 Å². The van der Waals surface area contributed by atoms with Gasteiger partial charge in [0.2, 0.25) is 0 Å². The molecule has 0 aromatic heterocycles. The van der Waals surface area contributed by atoms with Crippen molar-refractivity contribution in [3.05, 3.63) is 0 Å². The van der Waals surface area contributed by atoms with Crippen LogP contribution in [0, 0.1) is 0 Å². The molecule has 0 aromatic carbocycles. The Hall–Kier alpha value is 0.319. The van der Waals surface area contributed by atoms with E-state index in [9.17, 15) is 10.2 Å². The van der Waals surface area contributed by atoms with E-state index in [0.29, 0.717) is 0 Å². The summed E-state index contributed by atoms with van der Waals surface area (Å²) in [5.41, 5.74) is 5.48. The van der Waals surface area contributed by atoms with Gasteiger partial charge in [-0.15, -0.1) is 0 Å². The summed E-state index contributed by atoms with van der Waals surface area (Å²) < 4.78 is 5.09. The van der Waals surface area contributed by atoms with E-state index in [0.717, 1.165) is 0 Å². The third-order valence-corrected chi connectivity index (χ3v) is 2.82. The first-order valence-electron chi connectivity index (χ1n) is 3.61. The summed E-state index contributed by atoms with van der Waals surface area (Å²) in [5.74, 6) is 0. The molecule has 5 unspecified atom stereocenters. The van der Waals surface area contributed by atoms with Crippen molar-refractivity contribution >= 4 is 16.0 Å². The Morgan fingerprint density at radius 3 is 2.42 bits per heavy atom. The van der Waals surface area contributed by atoms with Gasteiger partial charge in [0, 0.05) is 0 Å². The van der Waals surface area contributed by atoms with Crippen LogP contribution < -0.4 is 5.73 Å². The fourth-order valence-electron chi connectivity index (χ4n) is 1.10. The second-order valence-electron chi connectivity index (χ2n) is 2.78. The quantitative estimate of drug-likeness (QED) is 0.365. The molecule has 0 spiro atoms. The topological polar surface area (TPSA) is 95.9 Å². The Morgan fingerprint density at radius 2 is 1.92 bits per heavy atom. The molecule has 12 heavy (non-hydrogen) atoms. The van der Waals surface area contributed by atoms with Gasteiger partial charge in [0.1, 0.15) is 0 Å². The van der Waals surface area contributed by atoms with Gasteiger partial charge in [-0.2, -0.15) is 0 Å². The van der Waals surface area contributed by atoms with E-state index < -0.39 is 29.4 Å². The number of aliphatic hydroxyl groups excluding tert-OH is 3. The van der Waals surface area contributed by atoms with Crippen LogP contribution in [0.25, 0.3) is 0 Å². The Bertz CT molecular complexity index is 154. The molecule has 5 nitrogen and oxygen atoms in total. The van der Waals surface area contributed by atoms with Gasteiger partial charge in [-0.25, -0.2) is 0 Å². The molecular weight excluding hydrogens is 229 g/mol. The minimum atomic E-state index is -1.12. The minimum absolute atomic E-state index is 0.330. The summed E-state index contributed by atoms with van der Waals surface area (Å²) in [4.78, 5) is 0. The second kappa shape index (κ2) is 4.02. The van der Waals surface area contributed by atoms with Gasteiger partial charge >= 0.3 is 77.8 Å². The van der Waals surface area contributed by atoms with E-state index in [4.69, 9.17) is 15.6 Å². The van der Waals surface area contributed by atoms with Gasteiger partial charge in [0.15, 0.2) is 0 Å². The molecule has 0 bridgehead atoms. The third kappa shape index (κ3) is 1.80. The summed E-state index contributed by atoms with van der Waals surface area (Å²) in [7, 11) is 0. The molecule has 1 heterocycles. The van der Waals surface area contributed by atoms with E-state index in [1.54, 1.807) is 0 Å². The standard InChI is InChI=1S/C6H12NO4Se/c7-3-5(10)4(9)2(1-8)11-6(3)12/h2-6,8-10H,1,7H2. The molecule has 1 fully saturated rings. The van der Waals surface area contributed by atoms with Crippen LogP contribution in [0.5, 0.6) is 0 Å². The molecule has 6 heteroatoms. The van der Waals surface area contributed by atoms with Gasteiger partial charge < -0.3 is 0 Å². The summed E-state index contributed by atoms with van der Waals surface area (Å²) in [6.45, 7) is -0.330. The fourth-order valence-corrected chi connectivity index (χ4v) is 1.74. The number of nitrogens with two attached hydrogens (primary N) is 1. The zero-order chi connectivity index (χ0) is 9.30. The zero-order valence-electron chi connectivity index (χ0n) is 6.33. The first-order valence-corrected chi connectivity index (χ1v) is 4.60. The molecule has 0 aromatic rings. The van der Waals surface area contributed by atoms with E-state index >= 15 is 0 Å². The average Bonchev–Trinajstić information content (AvgIpc) is 2.08. The predicted molar refractivity (Wildman–Crippen MR) is 41.5 cm³/mol. The fraction of sp³-hybridized carbons (Fsp3) is 1.00. The predicted octanol–water partition coefficient (Wildman–Crippen LogP) is -3.08. The number of aliphatic hydroxyl groups is 3. The molecule has 0 amide bonds. The van der Waals surface area contributed by atoms with Crippen LogP contribution in [0.3, 0.4) is 0 Å². The van der Waals surface area contributed by atoms with E-state index in [-0.39, 0.29) is 6.61 Å². The summed E-state index contributed by atoms with van der Waals surface area (Å²) in [6.07, 6.45) is -2.93. The first kappa shape index (κ1) is 10.4. The Labute approximate surface area is 78.3 Å². The Kier molecular flexibility index (Phi) is 3.48.